The molecule has 0 aliphatic rings. The summed E-state index contributed by atoms with van der Waals surface area (Å²) in [6.45, 7) is 1.19. The molecular weight excluding hydrogens is 338 g/mol. The van der Waals surface area contributed by atoms with Gasteiger partial charge in [0.15, 0.2) is 0 Å². The average molecular weight is 354 g/mol. The fraction of sp³-hybridized carbons (Fsp3) is 0.188. The highest BCUT2D eigenvalue weighted by Gasteiger charge is 2.23. The van der Waals surface area contributed by atoms with Crippen LogP contribution in [0.1, 0.15) is 5.56 Å². The maximum absolute atomic E-state index is 13.0. The molecule has 0 saturated heterocycles. The van der Waals surface area contributed by atoms with Crippen LogP contribution in [0.2, 0.25) is 0 Å². The van der Waals surface area contributed by atoms with Crippen LogP contribution in [0.15, 0.2) is 47.4 Å². The smallest absolute Gasteiger partial charge is 0.243 e. The second-order valence-corrected chi connectivity index (χ2v) is 7.27. The molecule has 0 aliphatic heterocycles. The molecule has 128 valence electrons. The van der Waals surface area contributed by atoms with E-state index in [1.54, 1.807) is 6.92 Å². The quantitative estimate of drug-likeness (QED) is 0.897. The van der Waals surface area contributed by atoms with Crippen molar-refractivity contribution in [2.75, 3.05) is 18.9 Å². The van der Waals surface area contributed by atoms with Crippen molar-refractivity contribution in [3.63, 3.8) is 0 Å². The largest absolute Gasteiger partial charge is 0.325 e. The van der Waals surface area contributed by atoms with Crippen LogP contribution in [0.4, 0.5) is 14.5 Å². The van der Waals surface area contributed by atoms with Crippen molar-refractivity contribution in [2.45, 2.75) is 11.8 Å². The number of carbonyl (C=O) groups is 1. The number of aryl methyl sites for hydroxylation is 1. The van der Waals surface area contributed by atoms with Gasteiger partial charge < -0.3 is 5.32 Å². The van der Waals surface area contributed by atoms with Gasteiger partial charge in [-0.2, -0.15) is 4.31 Å². The Balaban J connectivity index is 2.09. The first-order valence-electron chi connectivity index (χ1n) is 6.98. The Morgan fingerprint density at radius 1 is 1.08 bits per heavy atom. The van der Waals surface area contributed by atoms with Gasteiger partial charge in [0, 0.05) is 12.7 Å². The molecule has 8 heteroatoms. The van der Waals surface area contributed by atoms with Crippen molar-refractivity contribution in [1.82, 2.24) is 4.31 Å². The number of hydrogen-bond acceptors (Lipinski definition) is 3. The van der Waals surface area contributed by atoms with Gasteiger partial charge in [-0.15, -0.1) is 0 Å². The summed E-state index contributed by atoms with van der Waals surface area (Å²) in [7, 11) is -2.67. The first kappa shape index (κ1) is 18.0. The van der Waals surface area contributed by atoms with Crippen LogP contribution in [0.5, 0.6) is 0 Å². The normalized spacial score (nSPS) is 11.5. The molecule has 0 radical (unpaired) electrons. The summed E-state index contributed by atoms with van der Waals surface area (Å²) in [6, 6.07) is 8.17. The topological polar surface area (TPSA) is 66.5 Å². The van der Waals surface area contributed by atoms with Gasteiger partial charge in [0.25, 0.3) is 0 Å². The van der Waals surface area contributed by atoms with Gasteiger partial charge in [-0.1, -0.05) is 0 Å². The minimum absolute atomic E-state index is 0.114. The van der Waals surface area contributed by atoms with Crippen LogP contribution in [0.3, 0.4) is 0 Å². The predicted octanol–water partition coefficient (Wildman–Crippen LogP) is 2.53. The van der Waals surface area contributed by atoms with Crippen molar-refractivity contribution < 1.29 is 22.0 Å². The Morgan fingerprint density at radius 3 is 2.25 bits per heavy atom. The summed E-state index contributed by atoms with van der Waals surface area (Å²) in [4.78, 5) is 11.9. The lowest BCUT2D eigenvalue weighted by molar-refractivity contribution is -0.116. The van der Waals surface area contributed by atoms with E-state index in [2.05, 4.69) is 5.32 Å². The number of nitrogens with one attached hydrogen (secondary N) is 1. The van der Waals surface area contributed by atoms with Crippen LogP contribution < -0.4 is 5.32 Å². The lowest BCUT2D eigenvalue weighted by Crippen LogP contribution is -2.35. The van der Waals surface area contributed by atoms with Crippen molar-refractivity contribution in [3.8, 4) is 0 Å². The standard InChI is InChI=1S/C16H16F2N2O3S/c1-11-9-13(18)5-8-15(11)19-16(21)10-20(2)24(22,23)14-6-3-12(17)4-7-14/h3-9H,10H2,1-2H3,(H,19,21). The molecule has 2 aromatic carbocycles. The first-order chi connectivity index (χ1) is 11.2. The molecule has 5 nitrogen and oxygen atoms in total. The van der Waals surface area contributed by atoms with Gasteiger partial charge in [-0.05, 0) is 55.0 Å². The number of likely N-dealkylation sites (N-methyl/N-ethyl adjacent to an activating group) is 1. The summed E-state index contributed by atoms with van der Waals surface area (Å²) < 4.78 is 51.4. The third kappa shape index (κ3) is 4.15. The summed E-state index contributed by atoms with van der Waals surface area (Å²) in [5.74, 6) is -1.56. The Morgan fingerprint density at radius 2 is 1.67 bits per heavy atom. The number of rotatable bonds is 5. The summed E-state index contributed by atoms with van der Waals surface area (Å²) in [5, 5.41) is 2.53. The molecule has 0 heterocycles. The van der Waals surface area contributed by atoms with Gasteiger partial charge in [0.1, 0.15) is 11.6 Å². The number of nitrogens with zero attached hydrogens (tertiary/aromatic N) is 1. The van der Waals surface area contributed by atoms with Crippen molar-refractivity contribution in [2.24, 2.45) is 0 Å². The Kier molecular flexibility index (Phi) is 5.30. The van der Waals surface area contributed by atoms with Crippen molar-refractivity contribution >= 4 is 21.6 Å². The van der Waals surface area contributed by atoms with Crippen LogP contribution in [-0.2, 0) is 14.8 Å². The lowest BCUT2D eigenvalue weighted by atomic mass is 10.2. The van der Waals surface area contributed by atoms with Crippen molar-refractivity contribution in [1.29, 1.82) is 0 Å². The molecule has 2 rings (SSSR count). The van der Waals surface area contributed by atoms with Gasteiger partial charge >= 0.3 is 0 Å². The van der Waals surface area contributed by atoms with Crippen LogP contribution in [-0.4, -0.2) is 32.2 Å². The Bertz CT molecular complexity index is 852. The maximum Gasteiger partial charge on any atom is 0.243 e. The molecule has 0 aliphatic carbocycles. The molecule has 0 spiro atoms. The molecule has 24 heavy (non-hydrogen) atoms. The van der Waals surface area contributed by atoms with E-state index >= 15 is 0 Å². The highest BCUT2D eigenvalue weighted by atomic mass is 32.2. The number of amides is 1. The molecule has 0 aromatic heterocycles. The van der Waals surface area contributed by atoms with E-state index in [-0.39, 0.29) is 4.90 Å². The highest BCUT2D eigenvalue weighted by molar-refractivity contribution is 7.89. The lowest BCUT2D eigenvalue weighted by Gasteiger charge is -2.17. The van der Waals surface area contributed by atoms with E-state index in [0.29, 0.717) is 11.3 Å². The first-order valence-corrected chi connectivity index (χ1v) is 8.42. The molecule has 1 amide bonds. The minimum Gasteiger partial charge on any atom is -0.325 e. The van der Waals surface area contributed by atoms with Gasteiger partial charge in [-0.3, -0.25) is 4.79 Å². The van der Waals surface area contributed by atoms with E-state index in [0.717, 1.165) is 28.6 Å². The van der Waals surface area contributed by atoms with E-state index in [1.807, 2.05) is 0 Å². The summed E-state index contributed by atoms with van der Waals surface area (Å²) in [6.07, 6.45) is 0. The second kappa shape index (κ2) is 7.06. The maximum atomic E-state index is 13.0. The van der Waals surface area contributed by atoms with Crippen LogP contribution in [0, 0.1) is 18.6 Å². The number of hydrogen-bond donors (Lipinski definition) is 1. The van der Waals surface area contributed by atoms with Gasteiger partial charge in [-0.25, -0.2) is 17.2 Å². The fourth-order valence-corrected chi connectivity index (χ4v) is 3.16. The van der Waals surface area contributed by atoms with Crippen LogP contribution >= 0.6 is 0 Å². The number of benzene rings is 2. The highest BCUT2D eigenvalue weighted by Crippen LogP contribution is 2.17. The average Bonchev–Trinajstić information content (AvgIpc) is 2.50. The zero-order valence-corrected chi connectivity index (χ0v) is 13.9. The molecule has 0 atom stereocenters. The Hall–Kier alpha value is -2.32. The molecule has 1 N–H and O–H groups in total. The monoisotopic (exact) mass is 354 g/mol. The molecule has 0 fully saturated rings. The fourth-order valence-electron chi connectivity index (χ4n) is 2.03. The number of sulfonamides is 1. The molecule has 0 saturated carbocycles. The minimum atomic E-state index is -3.91. The van der Waals surface area contributed by atoms with E-state index in [9.17, 15) is 22.0 Å². The number of anilines is 1. The Labute approximate surface area is 139 Å². The van der Waals surface area contributed by atoms with Gasteiger partial charge in [0.05, 0.1) is 11.4 Å². The summed E-state index contributed by atoms with van der Waals surface area (Å²) >= 11 is 0. The molecule has 2 aromatic rings. The van der Waals surface area contributed by atoms with E-state index in [1.165, 1.54) is 25.2 Å². The summed E-state index contributed by atoms with van der Waals surface area (Å²) in [5.41, 5.74) is 0.918. The SMILES string of the molecule is Cc1cc(F)ccc1NC(=O)CN(C)S(=O)(=O)c1ccc(F)cc1. The second-order valence-electron chi connectivity index (χ2n) is 5.22. The number of halogens is 2. The zero-order chi connectivity index (χ0) is 17.9. The molecule has 0 bridgehead atoms. The third-order valence-electron chi connectivity index (χ3n) is 3.35. The van der Waals surface area contributed by atoms with Crippen LogP contribution in [0.25, 0.3) is 0 Å². The molecule has 0 unspecified atom stereocenters. The third-order valence-corrected chi connectivity index (χ3v) is 5.17. The number of carbonyl (C=O) groups excluding carboxylic acids is 1. The van der Waals surface area contributed by atoms with E-state index in [4.69, 9.17) is 0 Å². The van der Waals surface area contributed by atoms with E-state index < -0.39 is 34.1 Å². The predicted molar refractivity (Wildman–Crippen MR) is 86.0 cm³/mol. The zero-order valence-electron chi connectivity index (χ0n) is 13.1. The van der Waals surface area contributed by atoms with Gasteiger partial charge in [0.2, 0.25) is 15.9 Å². The molecular formula is C16H16F2N2O3S. The van der Waals surface area contributed by atoms with Crippen molar-refractivity contribution in [3.05, 3.63) is 59.7 Å².